The average molecular weight is 467 g/mol. The van der Waals surface area contributed by atoms with E-state index in [9.17, 15) is 45.6 Å². The van der Waals surface area contributed by atoms with Crippen LogP contribution in [0.15, 0.2) is 18.2 Å². The van der Waals surface area contributed by atoms with Crippen LogP contribution < -0.4 is 4.74 Å². The van der Waals surface area contributed by atoms with Gasteiger partial charge in [-0.3, -0.25) is 9.69 Å². The van der Waals surface area contributed by atoms with E-state index in [1.807, 2.05) is 0 Å². The standard InChI is InChI=1S/C21H25NO11/c1-22(2)20(29,30)6-5-10-11-7-9(8-13(23)24)3-4-12(11)33-21(31,32)15-14(10)16(25)18(27)19(28)17(15)26/h3-4,7,10,25-32H,5-6,8H2,1-2H3,(H,23,24). The molecule has 1 unspecified atom stereocenters. The molecule has 0 fully saturated rings. The summed E-state index contributed by atoms with van der Waals surface area (Å²) < 4.78 is 5.24. The molecular weight excluding hydrogens is 442 g/mol. The SMILES string of the molecule is CN(C)C(O)(O)CCC1c2cc(CC(=O)O)ccc2OC(O)(O)c2c(O)c(O)c(O)c(O)c21. The van der Waals surface area contributed by atoms with Crippen molar-refractivity contribution in [2.45, 2.75) is 37.1 Å². The summed E-state index contributed by atoms with van der Waals surface area (Å²) >= 11 is 0. The molecule has 33 heavy (non-hydrogen) atoms. The molecule has 0 aromatic heterocycles. The Labute approximate surface area is 187 Å². The Hall–Kier alpha value is -3.29. The third kappa shape index (κ3) is 4.34. The van der Waals surface area contributed by atoms with E-state index in [1.165, 1.54) is 32.3 Å². The van der Waals surface area contributed by atoms with Crippen molar-refractivity contribution in [2.24, 2.45) is 0 Å². The van der Waals surface area contributed by atoms with Gasteiger partial charge in [0.25, 0.3) is 0 Å². The lowest BCUT2D eigenvalue weighted by atomic mass is 9.82. The lowest BCUT2D eigenvalue weighted by Gasteiger charge is -2.31. The minimum Gasteiger partial charge on any atom is -0.504 e. The van der Waals surface area contributed by atoms with E-state index in [4.69, 9.17) is 9.84 Å². The highest BCUT2D eigenvalue weighted by Gasteiger charge is 2.46. The normalized spacial score (nSPS) is 17.1. The minimum absolute atomic E-state index is 0.106. The van der Waals surface area contributed by atoms with Crippen molar-refractivity contribution in [3.63, 3.8) is 0 Å². The molecule has 2 aromatic carbocycles. The zero-order chi connectivity index (χ0) is 24.9. The lowest BCUT2D eigenvalue weighted by Crippen LogP contribution is -2.44. The van der Waals surface area contributed by atoms with Gasteiger partial charge in [-0.25, -0.2) is 0 Å². The second kappa shape index (κ2) is 8.24. The molecule has 1 atom stereocenters. The van der Waals surface area contributed by atoms with Crippen LogP contribution in [0.25, 0.3) is 0 Å². The van der Waals surface area contributed by atoms with Crippen LogP contribution in [-0.2, 0) is 17.2 Å². The topological polar surface area (TPSA) is 212 Å². The molecule has 0 spiro atoms. The van der Waals surface area contributed by atoms with Crippen LogP contribution >= 0.6 is 0 Å². The molecule has 12 heteroatoms. The van der Waals surface area contributed by atoms with E-state index in [2.05, 4.69) is 0 Å². The Kier molecular flexibility index (Phi) is 6.08. The first-order valence-corrected chi connectivity index (χ1v) is 9.78. The molecule has 1 heterocycles. The van der Waals surface area contributed by atoms with E-state index >= 15 is 0 Å². The van der Waals surface area contributed by atoms with Crippen LogP contribution in [0.2, 0.25) is 0 Å². The summed E-state index contributed by atoms with van der Waals surface area (Å²) in [5.41, 5.74) is -0.955. The predicted molar refractivity (Wildman–Crippen MR) is 110 cm³/mol. The van der Waals surface area contributed by atoms with E-state index in [-0.39, 0.29) is 29.7 Å². The summed E-state index contributed by atoms with van der Waals surface area (Å²) in [4.78, 5) is 12.3. The molecule has 0 aliphatic carbocycles. The summed E-state index contributed by atoms with van der Waals surface area (Å²) in [6.45, 7) is 0. The molecular formula is C21H25NO11. The number of benzene rings is 2. The van der Waals surface area contributed by atoms with Crippen molar-refractivity contribution in [3.05, 3.63) is 40.5 Å². The molecule has 0 amide bonds. The van der Waals surface area contributed by atoms with E-state index in [1.54, 1.807) is 0 Å². The fourth-order valence-electron chi connectivity index (χ4n) is 3.85. The second-order valence-corrected chi connectivity index (χ2v) is 8.10. The number of aliphatic carboxylic acids is 1. The van der Waals surface area contributed by atoms with Crippen LogP contribution in [0.4, 0.5) is 0 Å². The van der Waals surface area contributed by atoms with Crippen molar-refractivity contribution in [1.29, 1.82) is 0 Å². The van der Waals surface area contributed by atoms with Crippen LogP contribution in [0, 0.1) is 0 Å². The number of nitrogens with zero attached hydrogens (tertiary/aromatic N) is 1. The van der Waals surface area contributed by atoms with Crippen molar-refractivity contribution >= 4 is 5.97 Å². The van der Waals surface area contributed by atoms with Crippen molar-refractivity contribution in [2.75, 3.05) is 14.1 Å². The molecule has 3 rings (SSSR count). The maximum Gasteiger partial charge on any atom is 0.355 e. The van der Waals surface area contributed by atoms with Gasteiger partial charge in [-0.2, -0.15) is 0 Å². The first-order chi connectivity index (χ1) is 15.2. The first-order valence-electron chi connectivity index (χ1n) is 9.78. The Bertz CT molecular complexity index is 1090. The van der Waals surface area contributed by atoms with Gasteiger partial charge in [-0.15, -0.1) is 0 Å². The number of ether oxygens (including phenoxy) is 1. The van der Waals surface area contributed by atoms with Crippen molar-refractivity contribution in [1.82, 2.24) is 4.90 Å². The maximum atomic E-state index is 11.2. The van der Waals surface area contributed by atoms with Crippen LogP contribution in [0.1, 0.15) is 41.0 Å². The van der Waals surface area contributed by atoms with Gasteiger partial charge in [-0.1, -0.05) is 12.1 Å². The van der Waals surface area contributed by atoms with Gasteiger partial charge in [0.1, 0.15) is 11.3 Å². The van der Waals surface area contributed by atoms with Gasteiger partial charge in [-0.05, 0) is 32.1 Å². The summed E-state index contributed by atoms with van der Waals surface area (Å²) in [6, 6.07) is 3.96. The molecule has 0 saturated carbocycles. The summed E-state index contributed by atoms with van der Waals surface area (Å²) in [5.74, 6) is -12.7. The van der Waals surface area contributed by atoms with Gasteiger partial charge in [0.2, 0.25) is 17.4 Å². The fraction of sp³-hybridized carbons (Fsp3) is 0.381. The first kappa shape index (κ1) is 24.4. The highest BCUT2D eigenvalue weighted by atomic mass is 16.8. The summed E-state index contributed by atoms with van der Waals surface area (Å²) in [5, 5.41) is 91.9. The summed E-state index contributed by atoms with van der Waals surface area (Å²) in [6.07, 6.45) is -1.01. The second-order valence-electron chi connectivity index (χ2n) is 8.10. The molecule has 0 bridgehead atoms. The number of carboxylic acids is 1. The van der Waals surface area contributed by atoms with Crippen LogP contribution in [0.5, 0.6) is 28.7 Å². The largest absolute Gasteiger partial charge is 0.504 e. The number of rotatable bonds is 6. The van der Waals surface area contributed by atoms with Gasteiger partial charge >= 0.3 is 11.9 Å². The van der Waals surface area contributed by atoms with Crippen LogP contribution in [0.3, 0.4) is 0 Å². The number of hydrogen-bond donors (Lipinski definition) is 9. The number of carboxylic acid groups (broad SMARTS) is 1. The molecule has 1 aliphatic rings. The number of phenols is 4. The molecule has 2 aromatic rings. The van der Waals surface area contributed by atoms with E-state index < -0.39 is 64.3 Å². The third-order valence-corrected chi connectivity index (χ3v) is 5.65. The molecule has 9 N–H and O–H groups in total. The van der Waals surface area contributed by atoms with Crippen molar-refractivity contribution < 1.29 is 55.5 Å². The Morgan fingerprint density at radius 3 is 2.24 bits per heavy atom. The quantitative estimate of drug-likeness (QED) is 0.153. The van der Waals surface area contributed by atoms with E-state index in [0.29, 0.717) is 0 Å². The van der Waals surface area contributed by atoms with Gasteiger partial charge in [0, 0.05) is 23.5 Å². The Morgan fingerprint density at radius 2 is 1.67 bits per heavy atom. The van der Waals surface area contributed by atoms with Crippen LogP contribution in [-0.4, -0.2) is 76.8 Å². The highest BCUT2D eigenvalue weighted by molar-refractivity contribution is 5.71. The molecule has 0 saturated heterocycles. The number of carbonyl (C=O) groups is 1. The monoisotopic (exact) mass is 467 g/mol. The number of aromatic hydroxyl groups is 4. The maximum absolute atomic E-state index is 11.2. The number of fused-ring (bicyclic) bond motifs is 2. The smallest absolute Gasteiger partial charge is 0.355 e. The third-order valence-electron chi connectivity index (χ3n) is 5.65. The number of phenolic OH excluding ortho intramolecular Hbond substituents is 4. The average Bonchev–Trinajstić information content (AvgIpc) is 2.79. The van der Waals surface area contributed by atoms with Gasteiger partial charge < -0.3 is 50.7 Å². The van der Waals surface area contributed by atoms with Gasteiger partial charge in [0.15, 0.2) is 11.5 Å². The molecule has 180 valence electrons. The predicted octanol–water partition coefficient (Wildman–Crippen LogP) is -0.265. The zero-order valence-electron chi connectivity index (χ0n) is 17.7. The molecule has 0 radical (unpaired) electrons. The zero-order valence-corrected chi connectivity index (χ0v) is 17.7. The van der Waals surface area contributed by atoms with Crippen molar-refractivity contribution in [3.8, 4) is 28.7 Å². The molecule has 12 nitrogen and oxygen atoms in total. The Morgan fingerprint density at radius 1 is 1.06 bits per heavy atom. The van der Waals surface area contributed by atoms with Gasteiger partial charge in [0.05, 0.1) is 6.42 Å². The van der Waals surface area contributed by atoms with E-state index in [0.717, 1.165) is 4.90 Å². The highest BCUT2D eigenvalue weighted by Crippen LogP contribution is 2.57. The Balaban J connectivity index is 2.31. The molecule has 1 aliphatic heterocycles. The minimum atomic E-state index is -3.29. The number of aliphatic hydroxyl groups is 4. The fourth-order valence-corrected chi connectivity index (χ4v) is 3.85. The number of hydrogen-bond acceptors (Lipinski definition) is 11. The lowest BCUT2D eigenvalue weighted by molar-refractivity contribution is -0.304. The summed E-state index contributed by atoms with van der Waals surface area (Å²) in [7, 11) is 2.78.